The van der Waals surface area contributed by atoms with Crippen molar-refractivity contribution in [2.75, 3.05) is 4.90 Å². The largest absolute Gasteiger partial charge is 0.467 e. The van der Waals surface area contributed by atoms with E-state index >= 15 is 0 Å². The van der Waals surface area contributed by atoms with Gasteiger partial charge in [0.25, 0.3) is 5.91 Å². The molecule has 5 rings (SSSR count). The number of amides is 1. The Balaban J connectivity index is 1.65. The summed E-state index contributed by atoms with van der Waals surface area (Å²) in [5.74, 6) is 0.573. The van der Waals surface area contributed by atoms with Crippen molar-refractivity contribution < 1.29 is 9.21 Å². The number of rotatable bonds is 4. The first-order valence-corrected chi connectivity index (χ1v) is 10.7. The fourth-order valence-electron chi connectivity index (χ4n) is 3.60. The number of hydrogen-bond acceptors (Lipinski definition) is 4. The lowest BCUT2D eigenvalue weighted by molar-refractivity contribution is 0.0985. The maximum atomic E-state index is 13.7. The number of carbonyl (C=O) groups excluding carboxylic acids is 1. The molecular formula is C24H17ClN2O2S. The predicted molar refractivity (Wildman–Crippen MR) is 123 cm³/mol. The van der Waals surface area contributed by atoms with Crippen molar-refractivity contribution >= 4 is 55.0 Å². The molecule has 30 heavy (non-hydrogen) atoms. The van der Waals surface area contributed by atoms with Crippen LogP contribution in [-0.2, 0) is 6.54 Å². The van der Waals surface area contributed by atoms with Gasteiger partial charge in [-0.25, -0.2) is 4.98 Å². The van der Waals surface area contributed by atoms with Gasteiger partial charge in [-0.1, -0.05) is 59.3 Å². The van der Waals surface area contributed by atoms with Crippen LogP contribution in [0.3, 0.4) is 0 Å². The van der Waals surface area contributed by atoms with E-state index in [9.17, 15) is 4.79 Å². The van der Waals surface area contributed by atoms with Crippen LogP contribution in [0.2, 0.25) is 5.02 Å². The molecule has 0 saturated carbocycles. The minimum absolute atomic E-state index is 0.119. The lowest BCUT2D eigenvalue weighted by atomic mass is 10.0. The number of hydrogen-bond donors (Lipinski definition) is 0. The van der Waals surface area contributed by atoms with Gasteiger partial charge >= 0.3 is 0 Å². The molecule has 0 spiro atoms. The maximum Gasteiger partial charge on any atom is 0.261 e. The lowest BCUT2D eigenvalue weighted by Crippen LogP contribution is -2.30. The smallest absolute Gasteiger partial charge is 0.261 e. The highest BCUT2D eigenvalue weighted by molar-refractivity contribution is 7.22. The van der Waals surface area contributed by atoms with Gasteiger partial charge in [0.1, 0.15) is 5.76 Å². The minimum atomic E-state index is -0.119. The van der Waals surface area contributed by atoms with Crippen molar-refractivity contribution in [2.45, 2.75) is 13.5 Å². The van der Waals surface area contributed by atoms with Crippen molar-refractivity contribution in [3.8, 4) is 0 Å². The number of carbonyl (C=O) groups is 1. The SMILES string of the molecule is Cc1cc(Cl)cc2sc(N(Cc3ccco3)C(=O)c3cccc4ccccc34)nc12. The van der Waals surface area contributed by atoms with Crippen LogP contribution in [0.1, 0.15) is 21.7 Å². The molecule has 0 N–H and O–H groups in total. The molecule has 3 aromatic carbocycles. The maximum absolute atomic E-state index is 13.7. The van der Waals surface area contributed by atoms with Crippen molar-refractivity contribution in [3.05, 3.63) is 94.9 Å². The van der Waals surface area contributed by atoms with E-state index in [0.717, 1.165) is 26.6 Å². The van der Waals surface area contributed by atoms with Crippen LogP contribution in [0, 0.1) is 6.92 Å². The number of furan rings is 1. The normalized spacial score (nSPS) is 11.3. The van der Waals surface area contributed by atoms with E-state index in [2.05, 4.69) is 0 Å². The van der Waals surface area contributed by atoms with Crippen LogP contribution in [0.25, 0.3) is 21.0 Å². The molecule has 0 fully saturated rings. The highest BCUT2D eigenvalue weighted by Gasteiger charge is 2.24. The quantitative estimate of drug-likeness (QED) is 0.312. The Kier molecular flexibility index (Phi) is 4.77. The molecule has 148 valence electrons. The van der Waals surface area contributed by atoms with Crippen molar-refractivity contribution in [1.82, 2.24) is 4.98 Å². The van der Waals surface area contributed by atoms with Crippen LogP contribution < -0.4 is 4.90 Å². The van der Waals surface area contributed by atoms with E-state index in [4.69, 9.17) is 21.0 Å². The highest BCUT2D eigenvalue weighted by atomic mass is 35.5. The van der Waals surface area contributed by atoms with Crippen LogP contribution >= 0.6 is 22.9 Å². The Labute approximate surface area is 182 Å². The average Bonchev–Trinajstić information content (AvgIpc) is 3.41. The van der Waals surface area contributed by atoms with Crippen LogP contribution in [-0.4, -0.2) is 10.9 Å². The summed E-state index contributed by atoms with van der Waals surface area (Å²) in [6.07, 6.45) is 1.61. The molecule has 2 heterocycles. The monoisotopic (exact) mass is 432 g/mol. The Morgan fingerprint density at radius 3 is 2.77 bits per heavy atom. The highest BCUT2D eigenvalue weighted by Crippen LogP contribution is 2.35. The first-order chi connectivity index (χ1) is 14.6. The second-order valence-electron chi connectivity index (χ2n) is 7.06. The predicted octanol–water partition coefficient (Wildman–Crippen LogP) is 6.85. The zero-order valence-corrected chi connectivity index (χ0v) is 17.7. The zero-order valence-electron chi connectivity index (χ0n) is 16.1. The molecule has 0 atom stereocenters. The number of aryl methyl sites for hydroxylation is 1. The van der Waals surface area contributed by atoms with E-state index in [0.29, 0.717) is 28.0 Å². The number of benzene rings is 3. The standard InChI is InChI=1S/C24H17ClN2O2S/c1-15-12-17(25)13-21-22(15)26-24(30-21)27(14-18-8-5-11-29-18)23(28)20-10-4-7-16-6-2-3-9-19(16)20/h2-13H,14H2,1H3. The Hall–Kier alpha value is -3.15. The summed E-state index contributed by atoms with van der Waals surface area (Å²) >= 11 is 7.69. The summed E-state index contributed by atoms with van der Waals surface area (Å²) in [5.41, 5.74) is 2.47. The summed E-state index contributed by atoms with van der Waals surface area (Å²) in [7, 11) is 0. The van der Waals surface area contributed by atoms with Crippen LogP contribution in [0.5, 0.6) is 0 Å². The number of thiazole rings is 1. The summed E-state index contributed by atoms with van der Waals surface area (Å²) in [6, 6.07) is 21.1. The van der Waals surface area contributed by atoms with Gasteiger partial charge in [-0.05, 0) is 53.6 Å². The second-order valence-corrected chi connectivity index (χ2v) is 8.51. The first-order valence-electron chi connectivity index (χ1n) is 9.49. The van der Waals surface area contributed by atoms with Gasteiger partial charge in [0.2, 0.25) is 0 Å². The van der Waals surface area contributed by atoms with Gasteiger partial charge in [-0.2, -0.15) is 0 Å². The summed E-state index contributed by atoms with van der Waals surface area (Å²) in [4.78, 5) is 20.2. The van der Waals surface area contributed by atoms with Crippen LogP contribution in [0.4, 0.5) is 5.13 Å². The number of anilines is 1. The molecule has 5 aromatic rings. The third kappa shape index (κ3) is 3.36. The molecule has 0 bridgehead atoms. The molecule has 4 nitrogen and oxygen atoms in total. The van der Waals surface area contributed by atoms with Gasteiger partial charge in [-0.15, -0.1) is 0 Å². The first kappa shape index (κ1) is 18.9. The third-order valence-corrected chi connectivity index (χ3v) is 6.27. The van der Waals surface area contributed by atoms with E-state index in [1.807, 2.05) is 73.7 Å². The number of fused-ring (bicyclic) bond motifs is 2. The van der Waals surface area contributed by atoms with Crippen molar-refractivity contribution in [1.29, 1.82) is 0 Å². The van der Waals surface area contributed by atoms with E-state index in [-0.39, 0.29) is 5.91 Å². The lowest BCUT2D eigenvalue weighted by Gasteiger charge is -2.19. The third-order valence-electron chi connectivity index (χ3n) is 5.03. The van der Waals surface area contributed by atoms with Crippen molar-refractivity contribution in [3.63, 3.8) is 0 Å². The molecule has 0 saturated heterocycles. The molecule has 6 heteroatoms. The fourth-order valence-corrected chi connectivity index (χ4v) is 5.02. The van der Waals surface area contributed by atoms with Gasteiger partial charge in [0, 0.05) is 10.6 Å². The molecule has 1 amide bonds. The Morgan fingerprint density at radius 1 is 1.10 bits per heavy atom. The van der Waals surface area contributed by atoms with Gasteiger partial charge in [-0.3, -0.25) is 9.69 Å². The zero-order chi connectivity index (χ0) is 20.7. The minimum Gasteiger partial charge on any atom is -0.467 e. The van der Waals surface area contributed by atoms with Gasteiger partial charge < -0.3 is 4.42 Å². The topological polar surface area (TPSA) is 46.3 Å². The Bertz CT molecular complexity index is 1370. The van der Waals surface area contributed by atoms with E-state index in [1.54, 1.807) is 11.2 Å². The molecule has 0 aliphatic carbocycles. The molecule has 0 unspecified atom stereocenters. The molecule has 0 radical (unpaired) electrons. The molecule has 0 aliphatic rings. The molecular weight excluding hydrogens is 416 g/mol. The van der Waals surface area contributed by atoms with Crippen LogP contribution in [0.15, 0.2) is 77.4 Å². The van der Waals surface area contributed by atoms with E-state index < -0.39 is 0 Å². The van der Waals surface area contributed by atoms with Gasteiger partial charge in [0.05, 0.1) is 23.0 Å². The fraction of sp³-hybridized carbons (Fsp3) is 0.0833. The van der Waals surface area contributed by atoms with E-state index in [1.165, 1.54) is 11.3 Å². The summed E-state index contributed by atoms with van der Waals surface area (Å²) < 4.78 is 6.49. The molecule has 2 aromatic heterocycles. The summed E-state index contributed by atoms with van der Waals surface area (Å²) in [6.45, 7) is 2.27. The average molecular weight is 433 g/mol. The van der Waals surface area contributed by atoms with Crippen molar-refractivity contribution in [2.24, 2.45) is 0 Å². The second kappa shape index (κ2) is 7.59. The Morgan fingerprint density at radius 2 is 1.93 bits per heavy atom. The number of halogens is 1. The molecule has 0 aliphatic heterocycles. The van der Waals surface area contributed by atoms with Gasteiger partial charge in [0.15, 0.2) is 5.13 Å². The number of nitrogens with zero attached hydrogens (tertiary/aromatic N) is 2. The summed E-state index contributed by atoms with van der Waals surface area (Å²) in [5, 5.41) is 3.21. The number of aromatic nitrogens is 1.